The highest BCUT2D eigenvalue weighted by Crippen LogP contribution is 2.33. The van der Waals surface area contributed by atoms with Gasteiger partial charge >= 0.3 is 6.18 Å². The second kappa shape index (κ2) is 6.49. The van der Waals surface area contributed by atoms with Crippen LogP contribution in [0.4, 0.5) is 13.2 Å². The lowest BCUT2D eigenvalue weighted by molar-refractivity contribution is -0.142. The number of nitrogens with zero attached hydrogens (tertiary/aromatic N) is 3. The Kier molecular flexibility index (Phi) is 4.26. The lowest BCUT2D eigenvalue weighted by atomic mass is 10.1. The van der Waals surface area contributed by atoms with Crippen molar-refractivity contribution >= 4 is 21.6 Å². The third kappa shape index (κ3) is 3.47. The van der Waals surface area contributed by atoms with Crippen molar-refractivity contribution in [2.24, 2.45) is 0 Å². The number of benzene rings is 2. The van der Waals surface area contributed by atoms with Gasteiger partial charge in [0, 0.05) is 21.7 Å². The molecule has 0 saturated heterocycles. The van der Waals surface area contributed by atoms with Crippen LogP contribution in [0, 0.1) is 6.92 Å². The summed E-state index contributed by atoms with van der Waals surface area (Å²) >= 11 is 3.32. The van der Waals surface area contributed by atoms with Gasteiger partial charge in [-0.1, -0.05) is 57.9 Å². The molecule has 2 heterocycles. The minimum Gasteiger partial charge on any atom is -0.228 e. The Bertz CT molecular complexity index is 1110. The molecule has 0 spiro atoms. The standard InChI is InChI=1S/C20H13BrF3N3/c1-12-2-4-14(5-3-12)17-11-19-25-16(13-6-8-15(21)9-7-13)10-18(20(22,23)24)27(19)26-17/h2-11H,1H3. The van der Waals surface area contributed by atoms with Gasteiger partial charge in [-0.15, -0.1) is 0 Å². The molecule has 2 aromatic heterocycles. The molecule has 0 fully saturated rings. The molecule has 0 aliphatic carbocycles. The molecule has 0 bridgehead atoms. The van der Waals surface area contributed by atoms with Gasteiger partial charge < -0.3 is 0 Å². The van der Waals surface area contributed by atoms with E-state index in [-0.39, 0.29) is 11.3 Å². The van der Waals surface area contributed by atoms with Crippen LogP contribution in [-0.2, 0) is 6.18 Å². The molecule has 136 valence electrons. The molecule has 3 nitrogen and oxygen atoms in total. The summed E-state index contributed by atoms with van der Waals surface area (Å²) in [5.74, 6) is 0. The van der Waals surface area contributed by atoms with Gasteiger partial charge in [0.2, 0.25) is 0 Å². The largest absolute Gasteiger partial charge is 0.433 e. The van der Waals surface area contributed by atoms with Crippen LogP contribution >= 0.6 is 15.9 Å². The van der Waals surface area contributed by atoms with Gasteiger partial charge in [-0.2, -0.15) is 18.3 Å². The molecular formula is C20H13BrF3N3. The van der Waals surface area contributed by atoms with E-state index in [4.69, 9.17) is 0 Å². The smallest absolute Gasteiger partial charge is 0.228 e. The van der Waals surface area contributed by atoms with Crippen LogP contribution in [0.1, 0.15) is 11.3 Å². The summed E-state index contributed by atoms with van der Waals surface area (Å²) in [5.41, 5.74) is 2.39. The van der Waals surface area contributed by atoms with Gasteiger partial charge in [0.1, 0.15) is 0 Å². The fraction of sp³-hybridized carbons (Fsp3) is 0.100. The Labute approximate surface area is 161 Å². The van der Waals surface area contributed by atoms with E-state index in [1.54, 1.807) is 30.3 Å². The highest BCUT2D eigenvalue weighted by Gasteiger charge is 2.35. The van der Waals surface area contributed by atoms with Crippen LogP contribution in [0.2, 0.25) is 0 Å². The number of hydrogen-bond acceptors (Lipinski definition) is 2. The molecule has 4 aromatic rings. The zero-order valence-corrected chi connectivity index (χ0v) is 15.7. The average Bonchev–Trinajstić information content (AvgIpc) is 3.05. The maximum Gasteiger partial charge on any atom is 0.433 e. The van der Waals surface area contributed by atoms with Crippen molar-refractivity contribution in [1.29, 1.82) is 0 Å². The van der Waals surface area contributed by atoms with Gasteiger partial charge in [-0.25, -0.2) is 9.50 Å². The highest BCUT2D eigenvalue weighted by atomic mass is 79.9. The number of halogens is 4. The molecule has 0 aliphatic rings. The van der Waals surface area contributed by atoms with Crippen molar-refractivity contribution in [1.82, 2.24) is 14.6 Å². The van der Waals surface area contributed by atoms with E-state index in [2.05, 4.69) is 26.0 Å². The summed E-state index contributed by atoms with van der Waals surface area (Å²) in [4.78, 5) is 4.40. The second-order valence-corrected chi connectivity index (χ2v) is 7.11. The third-order valence-electron chi connectivity index (χ3n) is 4.20. The minimum atomic E-state index is -4.55. The Morgan fingerprint density at radius 1 is 0.852 bits per heavy atom. The van der Waals surface area contributed by atoms with E-state index in [0.29, 0.717) is 11.3 Å². The van der Waals surface area contributed by atoms with Crippen LogP contribution in [0.3, 0.4) is 0 Å². The molecule has 0 N–H and O–H groups in total. The maximum atomic E-state index is 13.6. The second-order valence-electron chi connectivity index (χ2n) is 6.20. The Hall–Kier alpha value is -2.67. The molecule has 0 atom stereocenters. The molecule has 0 radical (unpaired) electrons. The van der Waals surface area contributed by atoms with E-state index in [1.807, 2.05) is 31.2 Å². The summed E-state index contributed by atoms with van der Waals surface area (Å²) in [5, 5.41) is 4.15. The quantitative estimate of drug-likeness (QED) is 0.380. The number of alkyl halides is 3. The molecule has 0 unspecified atom stereocenters. The highest BCUT2D eigenvalue weighted by molar-refractivity contribution is 9.10. The first kappa shape index (κ1) is 17.7. The number of hydrogen-bond donors (Lipinski definition) is 0. The van der Waals surface area contributed by atoms with Gasteiger partial charge in [-0.05, 0) is 25.1 Å². The SMILES string of the molecule is Cc1ccc(-c2cc3nc(-c4ccc(Br)cc4)cc(C(F)(F)F)n3n2)cc1. The summed E-state index contributed by atoms with van der Waals surface area (Å²) in [7, 11) is 0. The van der Waals surface area contributed by atoms with Crippen LogP contribution < -0.4 is 0 Å². The number of aromatic nitrogens is 3. The van der Waals surface area contributed by atoms with Crippen molar-refractivity contribution < 1.29 is 13.2 Å². The fourth-order valence-corrected chi connectivity index (χ4v) is 3.07. The zero-order valence-electron chi connectivity index (χ0n) is 14.1. The van der Waals surface area contributed by atoms with Crippen molar-refractivity contribution in [3.63, 3.8) is 0 Å². The summed E-state index contributed by atoms with van der Waals surface area (Å²) in [6, 6.07) is 17.0. The molecule has 0 aliphatic heterocycles. The Morgan fingerprint density at radius 2 is 1.44 bits per heavy atom. The summed E-state index contributed by atoms with van der Waals surface area (Å²) in [6.07, 6.45) is -4.55. The van der Waals surface area contributed by atoms with E-state index in [0.717, 1.165) is 26.2 Å². The molecule has 4 rings (SSSR count). The van der Waals surface area contributed by atoms with E-state index >= 15 is 0 Å². The Balaban J connectivity index is 1.93. The minimum absolute atomic E-state index is 0.151. The first-order chi connectivity index (χ1) is 12.8. The number of rotatable bonds is 2. The van der Waals surface area contributed by atoms with E-state index in [1.165, 1.54) is 0 Å². The van der Waals surface area contributed by atoms with E-state index in [9.17, 15) is 13.2 Å². The first-order valence-corrected chi connectivity index (χ1v) is 8.91. The first-order valence-electron chi connectivity index (χ1n) is 8.12. The van der Waals surface area contributed by atoms with Crippen molar-refractivity contribution in [3.8, 4) is 22.5 Å². The van der Waals surface area contributed by atoms with Crippen molar-refractivity contribution in [3.05, 3.63) is 76.4 Å². The predicted octanol–water partition coefficient (Wildman–Crippen LogP) is 6.15. The van der Waals surface area contributed by atoms with Crippen molar-refractivity contribution in [2.45, 2.75) is 13.1 Å². The molecule has 0 amide bonds. The Morgan fingerprint density at radius 3 is 2.07 bits per heavy atom. The van der Waals surface area contributed by atoms with Crippen molar-refractivity contribution in [2.75, 3.05) is 0 Å². The molecule has 27 heavy (non-hydrogen) atoms. The van der Waals surface area contributed by atoms with Crippen LogP contribution in [0.5, 0.6) is 0 Å². The lowest BCUT2D eigenvalue weighted by Crippen LogP contribution is -2.13. The van der Waals surface area contributed by atoms with Gasteiger partial charge in [-0.3, -0.25) is 0 Å². The lowest BCUT2D eigenvalue weighted by Gasteiger charge is -2.11. The van der Waals surface area contributed by atoms with Gasteiger partial charge in [0.25, 0.3) is 0 Å². The predicted molar refractivity (Wildman–Crippen MR) is 101 cm³/mol. The maximum absolute atomic E-state index is 13.6. The monoisotopic (exact) mass is 431 g/mol. The number of aryl methyl sites for hydroxylation is 1. The van der Waals surface area contributed by atoms with Gasteiger partial charge in [0.05, 0.1) is 11.4 Å². The van der Waals surface area contributed by atoms with Gasteiger partial charge in [0.15, 0.2) is 11.3 Å². The summed E-state index contributed by atoms with van der Waals surface area (Å²) < 4.78 is 42.6. The van der Waals surface area contributed by atoms with E-state index < -0.39 is 11.9 Å². The zero-order chi connectivity index (χ0) is 19.2. The third-order valence-corrected chi connectivity index (χ3v) is 4.73. The number of fused-ring (bicyclic) bond motifs is 1. The van der Waals surface area contributed by atoms with Crippen LogP contribution in [0.15, 0.2) is 65.1 Å². The molecule has 7 heteroatoms. The molecular weight excluding hydrogens is 419 g/mol. The summed E-state index contributed by atoms with van der Waals surface area (Å²) in [6.45, 7) is 1.95. The van der Waals surface area contributed by atoms with Crippen LogP contribution in [0.25, 0.3) is 28.2 Å². The fourth-order valence-electron chi connectivity index (χ4n) is 2.81. The van der Waals surface area contributed by atoms with Crippen LogP contribution in [-0.4, -0.2) is 14.6 Å². The molecule has 2 aromatic carbocycles. The normalized spacial score (nSPS) is 11.9. The molecule has 0 saturated carbocycles. The topological polar surface area (TPSA) is 30.2 Å². The average molecular weight is 432 g/mol.